The van der Waals surface area contributed by atoms with Crippen molar-refractivity contribution in [1.82, 2.24) is 5.06 Å². The van der Waals surface area contributed by atoms with E-state index in [-0.39, 0.29) is 5.91 Å². The number of halogens is 3. The van der Waals surface area contributed by atoms with Crippen molar-refractivity contribution in [3.05, 3.63) is 35.9 Å². The van der Waals surface area contributed by atoms with E-state index in [9.17, 15) is 18.0 Å². The summed E-state index contributed by atoms with van der Waals surface area (Å²) in [7, 11) is 0. The summed E-state index contributed by atoms with van der Waals surface area (Å²) < 4.78 is 31.7. The third-order valence-corrected chi connectivity index (χ3v) is 3.11. The summed E-state index contributed by atoms with van der Waals surface area (Å²) in [4.78, 5) is 26.2. The summed E-state index contributed by atoms with van der Waals surface area (Å²) in [6.07, 6.45) is -2.53. The zero-order valence-electron chi connectivity index (χ0n) is 12.8. The second-order valence-electron chi connectivity index (χ2n) is 5.08. The van der Waals surface area contributed by atoms with Crippen molar-refractivity contribution < 1.29 is 32.7 Å². The number of amides is 1. The molecule has 1 aliphatic heterocycles. The van der Waals surface area contributed by atoms with E-state index in [1.807, 2.05) is 30.3 Å². The van der Waals surface area contributed by atoms with Gasteiger partial charge in [0.25, 0.3) is 5.91 Å². The maximum atomic E-state index is 12.0. The minimum atomic E-state index is -5.08. The lowest BCUT2D eigenvalue weighted by molar-refractivity contribution is -0.198. The third-order valence-electron chi connectivity index (χ3n) is 3.11. The van der Waals surface area contributed by atoms with Gasteiger partial charge in [0, 0.05) is 6.54 Å². The van der Waals surface area contributed by atoms with E-state index in [1.165, 1.54) is 5.06 Å². The number of hydrogen-bond donors (Lipinski definition) is 2. The second-order valence-corrected chi connectivity index (χ2v) is 5.08. The van der Waals surface area contributed by atoms with Crippen LogP contribution in [0.1, 0.15) is 18.4 Å². The number of benzene rings is 1. The maximum absolute atomic E-state index is 12.0. The summed E-state index contributed by atoms with van der Waals surface area (Å²) in [5.74, 6) is -2.87. The van der Waals surface area contributed by atoms with Crippen molar-refractivity contribution in [2.75, 3.05) is 13.2 Å². The van der Waals surface area contributed by atoms with Crippen molar-refractivity contribution in [1.29, 1.82) is 0 Å². The molecule has 0 saturated carbocycles. The van der Waals surface area contributed by atoms with Crippen molar-refractivity contribution in [3.63, 3.8) is 0 Å². The Labute approximate surface area is 136 Å². The van der Waals surface area contributed by atoms with Gasteiger partial charge in [0.2, 0.25) is 0 Å². The Kier molecular flexibility index (Phi) is 7.66. The Balaban J connectivity index is 0.000000351. The number of hydrogen-bond acceptors (Lipinski definition) is 4. The number of carboxylic acids is 1. The van der Waals surface area contributed by atoms with Gasteiger partial charge in [-0.1, -0.05) is 30.3 Å². The first-order valence-corrected chi connectivity index (χ1v) is 7.25. The molecule has 0 radical (unpaired) electrons. The highest BCUT2D eigenvalue weighted by Gasteiger charge is 2.38. The first-order chi connectivity index (χ1) is 11.2. The average molecular weight is 348 g/mol. The van der Waals surface area contributed by atoms with Crippen LogP contribution in [0.15, 0.2) is 30.3 Å². The van der Waals surface area contributed by atoms with Gasteiger partial charge in [0.05, 0.1) is 12.6 Å². The first kappa shape index (κ1) is 19.9. The van der Waals surface area contributed by atoms with Gasteiger partial charge >= 0.3 is 12.1 Å². The molecular weight excluding hydrogens is 329 g/mol. The van der Waals surface area contributed by atoms with E-state index in [0.717, 1.165) is 18.4 Å². The van der Waals surface area contributed by atoms with Gasteiger partial charge in [-0.15, -0.1) is 0 Å². The Morgan fingerprint density at radius 3 is 2.29 bits per heavy atom. The third kappa shape index (κ3) is 6.97. The molecule has 1 heterocycles. The van der Waals surface area contributed by atoms with E-state index in [2.05, 4.69) is 0 Å². The highest BCUT2D eigenvalue weighted by Crippen LogP contribution is 2.13. The number of rotatable bonds is 3. The van der Waals surface area contributed by atoms with Crippen LogP contribution >= 0.6 is 0 Å². The Hall–Kier alpha value is -2.13. The fourth-order valence-corrected chi connectivity index (χ4v) is 1.91. The average Bonchev–Trinajstić information content (AvgIpc) is 2.55. The molecule has 1 aromatic rings. The van der Waals surface area contributed by atoms with Crippen LogP contribution in [0.4, 0.5) is 13.2 Å². The van der Waals surface area contributed by atoms with Crippen LogP contribution in [0.3, 0.4) is 0 Å². The normalized spacial score (nSPS) is 15.9. The van der Waals surface area contributed by atoms with Crippen molar-refractivity contribution >= 4 is 11.9 Å². The molecule has 1 fully saturated rings. The fourth-order valence-electron chi connectivity index (χ4n) is 1.91. The fraction of sp³-hybridized carbons (Fsp3) is 0.467. The van der Waals surface area contributed by atoms with Crippen LogP contribution in [-0.4, -0.2) is 47.4 Å². The van der Waals surface area contributed by atoms with E-state index >= 15 is 0 Å². The molecule has 1 amide bonds. The zero-order valence-corrected chi connectivity index (χ0v) is 12.8. The molecule has 134 valence electrons. The Morgan fingerprint density at radius 1 is 1.25 bits per heavy atom. The largest absolute Gasteiger partial charge is 0.490 e. The summed E-state index contributed by atoms with van der Waals surface area (Å²) in [5.41, 5.74) is 6.98. The van der Waals surface area contributed by atoms with E-state index in [1.54, 1.807) is 0 Å². The topological polar surface area (TPSA) is 92.9 Å². The molecule has 3 N–H and O–H groups in total. The van der Waals surface area contributed by atoms with E-state index < -0.39 is 18.2 Å². The molecule has 1 saturated heterocycles. The van der Waals surface area contributed by atoms with E-state index in [0.29, 0.717) is 19.6 Å². The standard InChI is InChI=1S/C13H18N2O2.C2HF3O2/c14-12(10-11-6-2-1-3-7-11)13(16)15-8-4-5-9-17-15;3-2(4,5)1(6)7/h1-3,6-7,12H,4-5,8-10,14H2;(H,6,7)/t12-;/m1./s1. The van der Waals surface area contributed by atoms with Crippen LogP contribution < -0.4 is 5.73 Å². The SMILES string of the molecule is N[C@H](Cc1ccccc1)C(=O)N1CCCCO1.O=C(O)C(F)(F)F. The Bertz CT molecular complexity index is 531. The highest BCUT2D eigenvalue weighted by molar-refractivity contribution is 5.81. The number of carbonyl (C=O) groups is 2. The van der Waals surface area contributed by atoms with Crippen molar-refractivity contribution in [3.8, 4) is 0 Å². The monoisotopic (exact) mass is 348 g/mol. The molecule has 0 aliphatic carbocycles. The van der Waals surface area contributed by atoms with Gasteiger partial charge in [0.15, 0.2) is 0 Å². The van der Waals surface area contributed by atoms with Gasteiger partial charge in [-0.2, -0.15) is 13.2 Å². The molecule has 1 atom stereocenters. The molecule has 0 bridgehead atoms. The number of carboxylic acid groups (broad SMARTS) is 1. The number of nitrogens with zero attached hydrogens (tertiary/aromatic N) is 1. The predicted octanol–water partition coefficient (Wildman–Crippen LogP) is 1.74. The lowest BCUT2D eigenvalue weighted by Gasteiger charge is -2.28. The molecule has 1 aromatic carbocycles. The molecule has 6 nitrogen and oxygen atoms in total. The molecular formula is C15H19F3N2O4. The van der Waals surface area contributed by atoms with Gasteiger partial charge in [0.1, 0.15) is 0 Å². The molecule has 0 aromatic heterocycles. The van der Waals surface area contributed by atoms with Gasteiger partial charge in [-0.25, -0.2) is 9.86 Å². The second kappa shape index (κ2) is 9.24. The summed E-state index contributed by atoms with van der Waals surface area (Å²) in [6, 6.07) is 9.28. The Morgan fingerprint density at radius 2 is 1.83 bits per heavy atom. The number of carbonyl (C=O) groups excluding carboxylic acids is 1. The van der Waals surface area contributed by atoms with Crippen LogP contribution in [0, 0.1) is 0 Å². The summed E-state index contributed by atoms with van der Waals surface area (Å²) in [5, 5.41) is 8.54. The number of nitrogens with two attached hydrogens (primary N) is 1. The van der Waals surface area contributed by atoms with Crippen molar-refractivity contribution in [2.24, 2.45) is 5.73 Å². The lowest BCUT2D eigenvalue weighted by Crippen LogP contribution is -2.46. The lowest BCUT2D eigenvalue weighted by atomic mass is 10.1. The molecule has 1 aliphatic rings. The number of aliphatic carboxylic acids is 1. The molecule has 0 unspecified atom stereocenters. The van der Waals surface area contributed by atoms with Crippen LogP contribution in [-0.2, 0) is 20.8 Å². The minimum Gasteiger partial charge on any atom is -0.475 e. The van der Waals surface area contributed by atoms with Crippen LogP contribution in [0.5, 0.6) is 0 Å². The molecule has 24 heavy (non-hydrogen) atoms. The molecule has 9 heteroatoms. The van der Waals surface area contributed by atoms with Gasteiger partial charge in [-0.05, 0) is 24.8 Å². The highest BCUT2D eigenvalue weighted by atomic mass is 19.4. The smallest absolute Gasteiger partial charge is 0.475 e. The number of alkyl halides is 3. The van der Waals surface area contributed by atoms with Gasteiger partial charge in [-0.3, -0.25) is 9.63 Å². The quantitative estimate of drug-likeness (QED) is 0.868. The van der Waals surface area contributed by atoms with Crippen LogP contribution in [0.25, 0.3) is 0 Å². The first-order valence-electron chi connectivity index (χ1n) is 7.25. The number of hydroxylamine groups is 2. The van der Waals surface area contributed by atoms with Crippen LogP contribution in [0.2, 0.25) is 0 Å². The molecule has 2 rings (SSSR count). The molecule has 0 spiro atoms. The predicted molar refractivity (Wildman–Crippen MR) is 78.7 cm³/mol. The minimum absolute atomic E-state index is 0.117. The van der Waals surface area contributed by atoms with E-state index in [4.69, 9.17) is 20.5 Å². The van der Waals surface area contributed by atoms with Crippen molar-refractivity contribution in [2.45, 2.75) is 31.5 Å². The summed E-state index contributed by atoms with van der Waals surface area (Å²) in [6.45, 7) is 1.27. The zero-order chi connectivity index (χ0) is 18.2. The maximum Gasteiger partial charge on any atom is 0.490 e. The van der Waals surface area contributed by atoms with Gasteiger partial charge < -0.3 is 10.8 Å². The summed E-state index contributed by atoms with van der Waals surface area (Å²) >= 11 is 0.